The molecule has 0 unspecified atom stereocenters. The van der Waals surface area contributed by atoms with E-state index in [4.69, 9.17) is 0 Å². The molecule has 94 valence electrons. The Hall–Kier alpha value is -1.86. The highest BCUT2D eigenvalue weighted by Gasteiger charge is 2.26. The van der Waals surface area contributed by atoms with Gasteiger partial charge in [-0.1, -0.05) is 0 Å². The Kier molecular flexibility index (Phi) is 3.87. The third-order valence-electron chi connectivity index (χ3n) is 1.73. The molecule has 0 saturated carbocycles. The summed E-state index contributed by atoms with van der Waals surface area (Å²) in [6.07, 6.45) is 1.22. The molecule has 8 heteroatoms. The lowest BCUT2D eigenvalue weighted by Crippen LogP contribution is -2.26. The van der Waals surface area contributed by atoms with E-state index in [0.717, 1.165) is 0 Å². The van der Waals surface area contributed by atoms with Crippen LogP contribution in [0.1, 0.15) is 0 Å². The van der Waals surface area contributed by atoms with Crippen molar-refractivity contribution in [3.8, 4) is 0 Å². The molecule has 0 fully saturated rings. The molecule has 0 aliphatic carbocycles. The van der Waals surface area contributed by atoms with Crippen LogP contribution in [0.25, 0.3) is 0 Å². The topological polar surface area (TPSA) is 27.1 Å². The first-order valence-corrected chi connectivity index (χ1v) is 4.39. The molecule has 0 amide bonds. The van der Waals surface area contributed by atoms with E-state index in [9.17, 15) is 22.0 Å². The number of anilines is 1. The normalized spacial score (nSPS) is 10.1. The molecule has 1 aromatic rings. The Bertz CT molecular complexity index is 439. The van der Waals surface area contributed by atoms with Crippen molar-refractivity contribution in [1.29, 1.82) is 0 Å². The molecule has 2 N–H and O–H groups in total. The second kappa shape index (κ2) is 4.98. The average Bonchev–Trinajstić information content (AvgIpc) is 2.28. The van der Waals surface area contributed by atoms with Crippen LogP contribution in [0.15, 0.2) is 0 Å². The maximum absolute atomic E-state index is 13.1. The third kappa shape index (κ3) is 2.63. The van der Waals surface area contributed by atoms with Crippen molar-refractivity contribution >= 4 is 12.0 Å². The number of rotatable bonds is 3. The fraction of sp³-hybridized carbons (Fsp3) is 0.222. The van der Waals surface area contributed by atoms with Gasteiger partial charge < -0.3 is 0 Å². The Balaban J connectivity index is 3.12. The summed E-state index contributed by atoms with van der Waals surface area (Å²) >= 11 is 0. The highest BCUT2D eigenvalue weighted by molar-refractivity contribution is 5.55. The van der Waals surface area contributed by atoms with Gasteiger partial charge in [0.25, 0.3) is 6.34 Å². The van der Waals surface area contributed by atoms with Gasteiger partial charge in [0.1, 0.15) is 0 Å². The van der Waals surface area contributed by atoms with Crippen LogP contribution in [0.5, 0.6) is 0 Å². The maximum atomic E-state index is 13.1. The molecule has 1 rings (SSSR count). The number of hydrazine groups is 1. The molecule has 0 atom stereocenters. The van der Waals surface area contributed by atoms with Gasteiger partial charge >= 0.3 is 0 Å². The number of hydrogen-bond donors (Lipinski definition) is 2. The summed E-state index contributed by atoms with van der Waals surface area (Å²) in [5.74, 6) is -10.1. The van der Waals surface area contributed by atoms with Gasteiger partial charge in [-0.15, -0.1) is 0 Å². The summed E-state index contributed by atoms with van der Waals surface area (Å²) < 4.78 is 65.7. The van der Waals surface area contributed by atoms with Gasteiger partial charge in [-0.05, 0) is 0 Å². The van der Waals surface area contributed by atoms with Crippen molar-refractivity contribution in [2.45, 2.75) is 0 Å². The number of hydrogen-bond acceptors (Lipinski definition) is 1. The fourth-order valence-electron chi connectivity index (χ4n) is 0.948. The Morgan fingerprint density at radius 3 is 1.65 bits per heavy atom. The van der Waals surface area contributed by atoms with Crippen LogP contribution < -0.4 is 10.9 Å². The number of nitrogens with one attached hydrogen (secondary N) is 2. The first kappa shape index (κ1) is 13.2. The minimum Gasteiger partial charge on any atom is -0.272 e. The lowest BCUT2D eigenvalue weighted by Gasteiger charge is -2.07. The molecule has 0 aromatic heterocycles. The van der Waals surface area contributed by atoms with Gasteiger partial charge in [0, 0.05) is 0 Å². The van der Waals surface area contributed by atoms with Crippen LogP contribution in [0.4, 0.5) is 27.6 Å². The largest absolute Gasteiger partial charge is 0.272 e. The van der Waals surface area contributed by atoms with Gasteiger partial charge in [-0.25, -0.2) is 27.4 Å². The first-order chi connectivity index (χ1) is 7.86. The average molecular weight is 254 g/mol. The standard InChI is InChI=1S/C9H8F5N3/c1-17(2)3-15-16-9-7(13)5(11)4(10)6(12)8(9)14/h3,16H,1-2H3/p+1. The zero-order chi connectivity index (χ0) is 13.2. The molecular weight excluding hydrogens is 245 g/mol. The lowest BCUT2D eigenvalue weighted by atomic mass is 10.2. The fourth-order valence-corrected chi connectivity index (χ4v) is 0.948. The molecule has 0 aliphatic rings. The van der Waals surface area contributed by atoms with E-state index in [2.05, 4.69) is 5.43 Å². The van der Waals surface area contributed by atoms with Crippen molar-refractivity contribution in [3.63, 3.8) is 0 Å². The molecule has 0 radical (unpaired) electrons. The Labute approximate surface area is 93.5 Å². The van der Waals surface area contributed by atoms with Crippen molar-refractivity contribution in [3.05, 3.63) is 29.1 Å². The van der Waals surface area contributed by atoms with Gasteiger partial charge in [-0.3, -0.25) is 4.58 Å². The van der Waals surface area contributed by atoms with E-state index >= 15 is 0 Å². The van der Waals surface area contributed by atoms with Crippen molar-refractivity contribution < 1.29 is 26.5 Å². The summed E-state index contributed by atoms with van der Waals surface area (Å²) in [6, 6.07) is 0. The summed E-state index contributed by atoms with van der Waals surface area (Å²) in [5, 5.41) is 0. The third-order valence-corrected chi connectivity index (χ3v) is 1.73. The Morgan fingerprint density at radius 2 is 1.24 bits per heavy atom. The summed E-state index contributed by atoms with van der Waals surface area (Å²) in [4.78, 5) is 0. The van der Waals surface area contributed by atoms with Crippen LogP contribution in [0, 0.1) is 29.1 Å². The molecule has 0 heterocycles. The molecule has 0 aliphatic heterocycles. The van der Waals surface area contributed by atoms with Crippen LogP contribution >= 0.6 is 0 Å². The SMILES string of the molecule is C[N+](C)=CNNc1c(F)c(F)c(F)c(F)c1F. The zero-order valence-corrected chi connectivity index (χ0v) is 8.91. The van der Waals surface area contributed by atoms with Gasteiger partial charge in [-0.2, -0.15) is 5.43 Å². The van der Waals surface area contributed by atoms with Crippen LogP contribution in [-0.4, -0.2) is 25.0 Å². The molecule has 1 aromatic carbocycles. The molecule has 0 bridgehead atoms. The quantitative estimate of drug-likeness (QED) is 0.163. The summed E-state index contributed by atoms with van der Waals surface area (Å²) in [7, 11) is 3.18. The molecule has 17 heavy (non-hydrogen) atoms. The van der Waals surface area contributed by atoms with Crippen molar-refractivity contribution in [2.24, 2.45) is 0 Å². The van der Waals surface area contributed by atoms with E-state index in [-0.39, 0.29) is 0 Å². The smallest absolute Gasteiger partial charge is 0.254 e. The van der Waals surface area contributed by atoms with E-state index in [1.807, 2.05) is 5.43 Å². The molecule has 3 nitrogen and oxygen atoms in total. The van der Waals surface area contributed by atoms with E-state index in [1.165, 1.54) is 10.9 Å². The highest BCUT2D eigenvalue weighted by Crippen LogP contribution is 2.26. The number of halogens is 5. The van der Waals surface area contributed by atoms with Crippen LogP contribution in [0.3, 0.4) is 0 Å². The van der Waals surface area contributed by atoms with Crippen molar-refractivity contribution in [1.82, 2.24) is 5.43 Å². The first-order valence-electron chi connectivity index (χ1n) is 4.39. The zero-order valence-electron chi connectivity index (χ0n) is 8.91. The lowest BCUT2D eigenvalue weighted by molar-refractivity contribution is -0.461. The molecule has 0 saturated heterocycles. The predicted octanol–water partition coefficient (Wildman–Crippen LogP) is 1.60. The highest BCUT2D eigenvalue weighted by atomic mass is 19.2. The minimum atomic E-state index is -2.19. The van der Waals surface area contributed by atoms with Crippen LogP contribution in [-0.2, 0) is 0 Å². The van der Waals surface area contributed by atoms with Gasteiger partial charge in [0.2, 0.25) is 5.82 Å². The number of nitrogens with zero attached hydrogens (tertiary/aromatic N) is 1. The van der Waals surface area contributed by atoms with Crippen LogP contribution in [0.2, 0.25) is 0 Å². The molecule has 0 spiro atoms. The Morgan fingerprint density at radius 1 is 0.824 bits per heavy atom. The second-order valence-corrected chi connectivity index (χ2v) is 3.31. The van der Waals surface area contributed by atoms with E-state index < -0.39 is 34.8 Å². The minimum absolute atomic E-state index is 1.14. The number of benzene rings is 1. The molecular formula is C9H9F5N3+. The van der Waals surface area contributed by atoms with Gasteiger partial charge in [0.15, 0.2) is 29.0 Å². The van der Waals surface area contributed by atoms with E-state index in [0.29, 0.717) is 0 Å². The van der Waals surface area contributed by atoms with Crippen molar-refractivity contribution in [2.75, 3.05) is 19.5 Å². The predicted molar refractivity (Wildman–Crippen MR) is 51.2 cm³/mol. The van der Waals surface area contributed by atoms with E-state index in [1.54, 1.807) is 14.1 Å². The second-order valence-electron chi connectivity index (χ2n) is 3.31. The summed E-state index contributed by atoms with van der Waals surface area (Å²) in [5.41, 5.74) is 2.91. The maximum Gasteiger partial charge on any atom is 0.254 e. The van der Waals surface area contributed by atoms with Gasteiger partial charge in [0.05, 0.1) is 14.1 Å². The monoisotopic (exact) mass is 254 g/mol. The summed E-state index contributed by atoms with van der Waals surface area (Å²) in [6.45, 7) is 0.